The van der Waals surface area contributed by atoms with Crippen molar-refractivity contribution >= 4 is 60.8 Å². The van der Waals surface area contributed by atoms with E-state index in [1.54, 1.807) is 0 Å². The molecule has 0 aliphatic carbocycles. The molecule has 0 amide bonds. The van der Waals surface area contributed by atoms with Crippen LogP contribution in [0.3, 0.4) is 0 Å². The number of hydrogen-bond donors (Lipinski definition) is 0. The summed E-state index contributed by atoms with van der Waals surface area (Å²) >= 11 is 0. The number of fused-ring (bicyclic) bond motifs is 6. The van der Waals surface area contributed by atoms with Crippen LogP contribution in [0.25, 0.3) is 105 Å². The summed E-state index contributed by atoms with van der Waals surface area (Å²) in [6, 6.07) is 96.0. The van der Waals surface area contributed by atoms with E-state index in [2.05, 4.69) is 270 Å². The van der Waals surface area contributed by atoms with Crippen LogP contribution in [0.2, 0.25) is 0 Å². The minimum absolute atomic E-state index is 0.882. The Hall–Kier alpha value is -9.18. The molecule has 13 rings (SSSR count). The fraction of sp³-hybridized carbons (Fsp3) is 0. The molecular formula is C66H44N2O. The first-order valence-electron chi connectivity index (χ1n) is 23.6. The van der Waals surface area contributed by atoms with Crippen LogP contribution in [0.5, 0.6) is 0 Å². The quantitative estimate of drug-likeness (QED) is 0.144. The first kappa shape index (κ1) is 40.1. The third-order valence-corrected chi connectivity index (χ3v) is 13.6. The SMILES string of the molecule is c1ccc(-c2cccc(-c3cccc(N(c4ccc(-c5cccc(-c6ccccc6-n6c7ccccc7c7ccccc76)c5)cc4)c4ccccc4-c4cccc5c4oc4ccccc45)c3)c2)cc1. The van der Waals surface area contributed by atoms with Crippen LogP contribution in [0, 0.1) is 0 Å². The Morgan fingerprint density at radius 3 is 1.54 bits per heavy atom. The molecule has 0 N–H and O–H groups in total. The van der Waals surface area contributed by atoms with E-state index in [4.69, 9.17) is 4.42 Å². The predicted molar refractivity (Wildman–Crippen MR) is 290 cm³/mol. The van der Waals surface area contributed by atoms with Gasteiger partial charge in [-0.1, -0.05) is 200 Å². The van der Waals surface area contributed by atoms with Crippen LogP contribution < -0.4 is 4.90 Å². The van der Waals surface area contributed by atoms with Gasteiger partial charge in [-0.25, -0.2) is 0 Å². The molecule has 0 saturated heterocycles. The molecular weight excluding hydrogens is 837 g/mol. The molecule has 2 heterocycles. The summed E-state index contributed by atoms with van der Waals surface area (Å²) in [5.41, 5.74) is 19.9. The van der Waals surface area contributed by atoms with Crippen molar-refractivity contribution in [2.24, 2.45) is 0 Å². The molecule has 0 fully saturated rings. The van der Waals surface area contributed by atoms with Gasteiger partial charge < -0.3 is 13.9 Å². The van der Waals surface area contributed by atoms with E-state index >= 15 is 0 Å². The van der Waals surface area contributed by atoms with Crippen molar-refractivity contribution in [1.82, 2.24) is 4.57 Å². The van der Waals surface area contributed by atoms with Gasteiger partial charge in [0, 0.05) is 49.6 Å². The summed E-state index contributed by atoms with van der Waals surface area (Å²) in [7, 11) is 0. The standard InChI is InChI=1S/C66H44N2O/c1-2-18-45(19-3-1)47-20-14-22-49(42-47)50-23-16-25-53(44-50)67(62-34-10-7-29-57(62)59-31-17-32-60-58-30-8-13-37-65(58)69-66(59)60)52-40-38-46(39-41-52)48-21-15-24-51(43-48)54-26-4-9-33-61(54)68-63-35-11-5-27-55(63)56-28-6-12-36-64(56)68/h1-44H. The summed E-state index contributed by atoms with van der Waals surface area (Å²) in [4.78, 5) is 2.39. The van der Waals surface area contributed by atoms with E-state index < -0.39 is 0 Å². The number of furan rings is 1. The number of aromatic nitrogens is 1. The fourth-order valence-electron chi connectivity index (χ4n) is 10.4. The molecule has 2 aromatic heterocycles. The van der Waals surface area contributed by atoms with Gasteiger partial charge in [0.25, 0.3) is 0 Å². The van der Waals surface area contributed by atoms with E-state index in [1.165, 1.54) is 38.5 Å². The van der Waals surface area contributed by atoms with Crippen molar-refractivity contribution < 1.29 is 4.42 Å². The molecule has 3 heteroatoms. The number of nitrogens with zero attached hydrogens (tertiary/aromatic N) is 2. The Labute approximate surface area is 401 Å². The molecule has 69 heavy (non-hydrogen) atoms. The lowest BCUT2D eigenvalue weighted by Gasteiger charge is -2.28. The third-order valence-electron chi connectivity index (χ3n) is 13.6. The normalized spacial score (nSPS) is 11.5. The van der Waals surface area contributed by atoms with Gasteiger partial charge in [0.2, 0.25) is 0 Å². The zero-order chi connectivity index (χ0) is 45.7. The first-order chi connectivity index (χ1) is 34.2. The van der Waals surface area contributed by atoms with Gasteiger partial charge in [0.15, 0.2) is 0 Å². The van der Waals surface area contributed by atoms with Crippen molar-refractivity contribution in [1.29, 1.82) is 0 Å². The van der Waals surface area contributed by atoms with Gasteiger partial charge in [-0.2, -0.15) is 0 Å². The molecule has 0 unspecified atom stereocenters. The molecule has 13 aromatic rings. The maximum absolute atomic E-state index is 6.66. The summed E-state index contributed by atoms with van der Waals surface area (Å²) in [5.74, 6) is 0. The van der Waals surface area contributed by atoms with Crippen molar-refractivity contribution in [3.8, 4) is 61.3 Å². The molecule has 11 aromatic carbocycles. The van der Waals surface area contributed by atoms with Crippen LogP contribution in [0.1, 0.15) is 0 Å². The maximum Gasteiger partial charge on any atom is 0.143 e. The summed E-state index contributed by atoms with van der Waals surface area (Å²) in [6.07, 6.45) is 0. The molecule has 0 aliphatic heterocycles. The van der Waals surface area contributed by atoms with Gasteiger partial charge in [0.05, 0.1) is 22.4 Å². The van der Waals surface area contributed by atoms with Crippen molar-refractivity contribution in [3.05, 3.63) is 267 Å². The lowest BCUT2D eigenvalue weighted by Crippen LogP contribution is -2.11. The van der Waals surface area contributed by atoms with Crippen LogP contribution in [-0.4, -0.2) is 4.57 Å². The van der Waals surface area contributed by atoms with Crippen LogP contribution in [-0.2, 0) is 0 Å². The summed E-state index contributed by atoms with van der Waals surface area (Å²) in [5, 5.41) is 4.73. The number of hydrogen-bond acceptors (Lipinski definition) is 2. The third kappa shape index (κ3) is 7.08. The Morgan fingerprint density at radius 2 is 0.783 bits per heavy atom. The molecule has 3 nitrogen and oxygen atoms in total. The van der Waals surface area contributed by atoms with E-state index in [0.717, 1.165) is 83.6 Å². The monoisotopic (exact) mass is 880 g/mol. The highest BCUT2D eigenvalue weighted by atomic mass is 16.3. The highest BCUT2D eigenvalue weighted by molar-refractivity contribution is 6.11. The van der Waals surface area contributed by atoms with Crippen molar-refractivity contribution in [2.75, 3.05) is 4.90 Å². The molecule has 0 spiro atoms. The summed E-state index contributed by atoms with van der Waals surface area (Å²) < 4.78 is 9.08. The van der Waals surface area contributed by atoms with Gasteiger partial charge in [-0.3, -0.25) is 0 Å². The van der Waals surface area contributed by atoms with Crippen LogP contribution in [0.4, 0.5) is 17.1 Å². The summed E-state index contributed by atoms with van der Waals surface area (Å²) in [6.45, 7) is 0. The molecule has 0 radical (unpaired) electrons. The van der Waals surface area contributed by atoms with E-state index in [1.807, 2.05) is 6.07 Å². The molecule has 0 aliphatic rings. The number of rotatable bonds is 9. The second-order valence-electron chi connectivity index (χ2n) is 17.6. The Kier molecular flexibility index (Phi) is 9.84. The molecule has 0 saturated carbocycles. The van der Waals surface area contributed by atoms with E-state index in [9.17, 15) is 0 Å². The highest BCUT2D eigenvalue weighted by Crippen LogP contribution is 2.46. The highest BCUT2D eigenvalue weighted by Gasteiger charge is 2.22. The zero-order valence-electron chi connectivity index (χ0n) is 37.7. The lowest BCUT2D eigenvalue weighted by molar-refractivity contribution is 0.670. The van der Waals surface area contributed by atoms with Crippen LogP contribution in [0.15, 0.2) is 271 Å². The minimum Gasteiger partial charge on any atom is -0.455 e. The number of benzene rings is 11. The zero-order valence-corrected chi connectivity index (χ0v) is 37.7. The van der Waals surface area contributed by atoms with Gasteiger partial charge in [-0.15, -0.1) is 0 Å². The second kappa shape index (κ2) is 16.9. The van der Waals surface area contributed by atoms with Crippen molar-refractivity contribution in [2.45, 2.75) is 0 Å². The van der Waals surface area contributed by atoms with Gasteiger partial charge in [0.1, 0.15) is 11.2 Å². The Bertz CT molecular complexity index is 3970. The van der Waals surface area contributed by atoms with Crippen LogP contribution >= 0.6 is 0 Å². The van der Waals surface area contributed by atoms with Gasteiger partial charge >= 0.3 is 0 Å². The minimum atomic E-state index is 0.882. The topological polar surface area (TPSA) is 21.3 Å². The second-order valence-corrected chi connectivity index (χ2v) is 17.6. The first-order valence-corrected chi connectivity index (χ1v) is 23.6. The fourth-order valence-corrected chi connectivity index (χ4v) is 10.4. The lowest BCUT2D eigenvalue weighted by atomic mass is 9.96. The largest absolute Gasteiger partial charge is 0.455 e. The number of anilines is 3. The average molecular weight is 881 g/mol. The Morgan fingerprint density at radius 1 is 0.290 bits per heavy atom. The Balaban J connectivity index is 0.928. The van der Waals surface area contributed by atoms with E-state index in [-0.39, 0.29) is 0 Å². The van der Waals surface area contributed by atoms with E-state index in [0.29, 0.717) is 0 Å². The average Bonchev–Trinajstić information content (AvgIpc) is 3.98. The maximum atomic E-state index is 6.66. The molecule has 0 bridgehead atoms. The molecule has 324 valence electrons. The molecule has 0 atom stereocenters. The number of para-hydroxylation sites is 6. The smallest absolute Gasteiger partial charge is 0.143 e. The van der Waals surface area contributed by atoms with Gasteiger partial charge in [-0.05, 0) is 106 Å². The van der Waals surface area contributed by atoms with Crippen molar-refractivity contribution in [3.63, 3.8) is 0 Å². The predicted octanol–water partition coefficient (Wildman–Crippen LogP) is 18.5.